The maximum Gasteiger partial charge on any atom is 0.0928 e. The molecule has 0 aromatic heterocycles. The van der Waals surface area contributed by atoms with Crippen LogP contribution in [-0.2, 0) is 9.47 Å². The highest BCUT2D eigenvalue weighted by atomic mass is 16.5. The van der Waals surface area contributed by atoms with E-state index in [1.54, 1.807) is 14.2 Å². The van der Waals surface area contributed by atoms with Gasteiger partial charge in [-0.3, -0.25) is 0 Å². The summed E-state index contributed by atoms with van der Waals surface area (Å²) in [5, 5.41) is 3.41. The minimum Gasteiger partial charge on any atom is -0.382 e. The first-order chi connectivity index (χ1) is 8.28. The third kappa shape index (κ3) is 9.53. The molecule has 17 heavy (non-hydrogen) atoms. The molecule has 3 N–H and O–H groups in total. The molecule has 0 spiro atoms. The summed E-state index contributed by atoms with van der Waals surface area (Å²) in [5.74, 6) is 0.791. The number of rotatable bonds is 12. The summed E-state index contributed by atoms with van der Waals surface area (Å²) < 4.78 is 10.3. The van der Waals surface area contributed by atoms with Crippen molar-refractivity contribution in [2.75, 3.05) is 40.5 Å². The van der Waals surface area contributed by atoms with E-state index in [1.165, 1.54) is 19.3 Å². The Morgan fingerprint density at radius 3 is 2.53 bits per heavy atom. The third-order valence-electron chi connectivity index (χ3n) is 3.18. The number of nitrogens with two attached hydrogens (primary N) is 1. The van der Waals surface area contributed by atoms with E-state index in [-0.39, 0.29) is 6.10 Å². The van der Waals surface area contributed by atoms with E-state index in [9.17, 15) is 0 Å². The van der Waals surface area contributed by atoms with Gasteiger partial charge in [-0.25, -0.2) is 0 Å². The fraction of sp³-hybridized carbons (Fsp3) is 1.00. The van der Waals surface area contributed by atoms with Gasteiger partial charge < -0.3 is 20.5 Å². The molecule has 0 fully saturated rings. The standard InChI is InChI=1S/C13H30N2O2/c1-4-12(7-8-14)6-5-9-15-10-13(17-3)11-16-2/h12-13,15H,4-11,14H2,1-3H3. The Kier molecular flexibility index (Phi) is 12.2. The molecule has 0 aliphatic heterocycles. The summed E-state index contributed by atoms with van der Waals surface area (Å²) in [6.07, 6.45) is 5.03. The minimum atomic E-state index is 0.158. The van der Waals surface area contributed by atoms with E-state index in [0.717, 1.165) is 32.0 Å². The van der Waals surface area contributed by atoms with Crippen molar-refractivity contribution in [1.82, 2.24) is 5.32 Å². The zero-order valence-electron chi connectivity index (χ0n) is 11.7. The van der Waals surface area contributed by atoms with Crippen LogP contribution < -0.4 is 11.1 Å². The van der Waals surface area contributed by atoms with E-state index in [0.29, 0.717) is 6.61 Å². The van der Waals surface area contributed by atoms with Crippen LogP contribution in [0.3, 0.4) is 0 Å². The van der Waals surface area contributed by atoms with Crippen molar-refractivity contribution >= 4 is 0 Å². The van der Waals surface area contributed by atoms with E-state index >= 15 is 0 Å². The molecule has 0 aromatic carbocycles. The first-order valence-electron chi connectivity index (χ1n) is 6.70. The summed E-state index contributed by atoms with van der Waals surface area (Å²) in [5.41, 5.74) is 5.58. The van der Waals surface area contributed by atoms with Crippen molar-refractivity contribution in [2.24, 2.45) is 11.7 Å². The molecule has 2 unspecified atom stereocenters. The Bertz CT molecular complexity index is 140. The van der Waals surface area contributed by atoms with E-state index < -0.39 is 0 Å². The highest BCUT2D eigenvalue weighted by Crippen LogP contribution is 2.13. The van der Waals surface area contributed by atoms with Gasteiger partial charge in [-0.1, -0.05) is 13.3 Å². The summed E-state index contributed by atoms with van der Waals surface area (Å²) >= 11 is 0. The number of hydrogen-bond donors (Lipinski definition) is 2. The van der Waals surface area contributed by atoms with Crippen LogP contribution in [0.25, 0.3) is 0 Å². The SMILES string of the molecule is CCC(CCN)CCCNCC(COC)OC. The largest absolute Gasteiger partial charge is 0.382 e. The van der Waals surface area contributed by atoms with Crippen LogP contribution >= 0.6 is 0 Å². The average molecular weight is 246 g/mol. The number of methoxy groups -OCH3 is 2. The molecule has 4 nitrogen and oxygen atoms in total. The number of nitrogens with one attached hydrogen (secondary N) is 1. The van der Waals surface area contributed by atoms with Gasteiger partial charge in [-0.2, -0.15) is 0 Å². The van der Waals surface area contributed by atoms with Gasteiger partial charge in [-0.05, 0) is 38.3 Å². The molecule has 0 rings (SSSR count). The van der Waals surface area contributed by atoms with Crippen LogP contribution in [0.15, 0.2) is 0 Å². The van der Waals surface area contributed by atoms with E-state index in [2.05, 4.69) is 12.2 Å². The van der Waals surface area contributed by atoms with E-state index in [4.69, 9.17) is 15.2 Å². The lowest BCUT2D eigenvalue weighted by molar-refractivity contribution is 0.0290. The maximum absolute atomic E-state index is 5.58. The average Bonchev–Trinajstić information content (AvgIpc) is 2.35. The summed E-state index contributed by atoms with van der Waals surface area (Å²) in [6.45, 7) is 5.61. The quantitative estimate of drug-likeness (QED) is 0.511. The van der Waals surface area contributed by atoms with Crippen molar-refractivity contribution in [1.29, 1.82) is 0 Å². The van der Waals surface area contributed by atoms with Crippen LogP contribution in [0.1, 0.15) is 32.6 Å². The molecule has 0 aromatic rings. The van der Waals surface area contributed by atoms with Crippen LogP contribution in [0.2, 0.25) is 0 Å². The van der Waals surface area contributed by atoms with Gasteiger partial charge >= 0.3 is 0 Å². The Hall–Kier alpha value is -0.160. The summed E-state index contributed by atoms with van der Waals surface area (Å²) in [6, 6.07) is 0. The molecule has 104 valence electrons. The fourth-order valence-electron chi connectivity index (χ4n) is 1.96. The Labute approximate surface area is 106 Å². The Morgan fingerprint density at radius 2 is 2.00 bits per heavy atom. The van der Waals surface area contributed by atoms with Gasteiger partial charge in [0.15, 0.2) is 0 Å². The third-order valence-corrected chi connectivity index (χ3v) is 3.18. The molecule has 0 aliphatic rings. The lowest BCUT2D eigenvalue weighted by Gasteiger charge is -2.16. The normalized spacial score (nSPS) is 14.8. The molecule has 0 saturated carbocycles. The van der Waals surface area contributed by atoms with Gasteiger partial charge in [0.25, 0.3) is 0 Å². The molecule has 0 bridgehead atoms. The lowest BCUT2D eigenvalue weighted by atomic mass is 9.97. The fourth-order valence-corrected chi connectivity index (χ4v) is 1.96. The van der Waals surface area contributed by atoms with Crippen LogP contribution in [-0.4, -0.2) is 46.6 Å². The first kappa shape index (κ1) is 16.8. The second-order valence-corrected chi connectivity index (χ2v) is 4.51. The second kappa shape index (κ2) is 12.3. The molecular weight excluding hydrogens is 216 g/mol. The van der Waals surface area contributed by atoms with Gasteiger partial charge in [-0.15, -0.1) is 0 Å². The summed E-state index contributed by atoms with van der Waals surface area (Å²) in [4.78, 5) is 0. The first-order valence-corrected chi connectivity index (χ1v) is 6.70. The molecule has 0 heterocycles. The minimum absolute atomic E-state index is 0.158. The zero-order chi connectivity index (χ0) is 12.9. The van der Waals surface area contributed by atoms with Gasteiger partial charge in [0.2, 0.25) is 0 Å². The monoisotopic (exact) mass is 246 g/mol. The topological polar surface area (TPSA) is 56.5 Å². The lowest BCUT2D eigenvalue weighted by Crippen LogP contribution is -2.32. The number of hydrogen-bond acceptors (Lipinski definition) is 4. The molecule has 0 saturated heterocycles. The van der Waals surface area contributed by atoms with Crippen LogP contribution in [0, 0.1) is 5.92 Å². The molecule has 4 heteroatoms. The Balaban J connectivity index is 3.43. The van der Waals surface area contributed by atoms with Crippen molar-refractivity contribution in [3.05, 3.63) is 0 Å². The molecular formula is C13H30N2O2. The predicted octanol–water partition coefficient (Wildman–Crippen LogP) is 1.39. The highest BCUT2D eigenvalue weighted by molar-refractivity contribution is 4.62. The van der Waals surface area contributed by atoms with Crippen LogP contribution in [0.4, 0.5) is 0 Å². The molecule has 2 atom stereocenters. The van der Waals surface area contributed by atoms with Crippen molar-refractivity contribution < 1.29 is 9.47 Å². The van der Waals surface area contributed by atoms with Gasteiger partial charge in [0, 0.05) is 20.8 Å². The Morgan fingerprint density at radius 1 is 1.24 bits per heavy atom. The zero-order valence-corrected chi connectivity index (χ0v) is 11.7. The second-order valence-electron chi connectivity index (χ2n) is 4.51. The molecule has 0 radical (unpaired) electrons. The maximum atomic E-state index is 5.58. The smallest absolute Gasteiger partial charge is 0.0928 e. The molecule has 0 aliphatic carbocycles. The molecule has 0 amide bonds. The predicted molar refractivity (Wildman–Crippen MR) is 72.2 cm³/mol. The van der Waals surface area contributed by atoms with Crippen molar-refractivity contribution in [3.63, 3.8) is 0 Å². The number of ether oxygens (including phenoxy) is 2. The van der Waals surface area contributed by atoms with Crippen LogP contribution in [0.5, 0.6) is 0 Å². The highest BCUT2D eigenvalue weighted by Gasteiger charge is 2.07. The van der Waals surface area contributed by atoms with E-state index in [1.807, 2.05) is 0 Å². The van der Waals surface area contributed by atoms with Gasteiger partial charge in [0.05, 0.1) is 12.7 Å². The van der Waals surface area contributed by atoms with Crippen molar-refractivity contribution in [3.8, 4) is 0 Å². The van der Waals surface area contributed by atoms with Gasteiger partial charge in [0.1, 0.15) is 0 Å². The van der Waals surface area contributed by atoms with Crippen molar-refractivity contribution in [2.45, 2.75) is 38.7 Å². The summed E-state index contributed by atoms with van der Waals surface area (Å²) in [7, 11) is 3.42.